The topological polar surface area (TPSA) is 50.7 Å². The van der Waals surface area contributed by atoms with Crippen molar-refractivity contribution in [1.29, 1.82) is 0 Å². The van der Waals surface area contributed by atoms with Gasteiger partial charge in [0.05, 0.1) is 9.26 Å². The molecule has 20 heavy (non-hydrogen) atoms. The molecule has 0 saturated carbocycles. The summed E-state index contributed by atoms with van der Waals surface area (Å²) in [5.74, 6) is 1.68. The van der Waals surface area contributed by atoms with Crippen molar-refractivity contribution in [2.45, 2.75) is 40.0 Å². The zero-order valence-electron chi connectivity index (χ0n) is 12.0. The Hall–Kier alpha value is -0.760. The Bertz CT molecular complexity index is 583. The molecule has 0 spiro atoms. The maximum Gasteiger partial charge on any atom is 0.191 e. The number of hydrogen-bond acceptors (Lipinski definition) is 5. The summed E-state index contributed by atoms with van der Waals surface area (Å²) in [6.07, 6.45) is 3.13. The van der Waals surface area contributed by atoms with Gasteiger partial charge in [0.15, 0.2) is 10.8 Å². The Morgan fingerprint density at radius 2 is 2.00 bits per heavy atom. The molecule has 2 rings (SSSR count). The lowest BCUT2D eigenvalue weighted by atomic mass is 10.2. The van der Waals surface area contributed by atoms with Crippen molar-refractivity contribution < 1.29 is 0 Å². The van der Waals surface area contributed by atoms with Crippen LogP contribution in [0.2, 0.25) is 0 Å². The van der Waals surface area contributed by atoms with Gasteiger partial charge < -0.3 is 5.32 Å². The molecule has 1 N–H and O–H groups in total. The lowest BCUT2D eigenvalue weighted by molar-refractivity contribution is 0.863. The molecule has 0 unspecified atom stereocenters. The van der Waals surface area contributed by atoms with Crippen molar-refractivity contribution >= 4 is 39.7 Å². The summed E-state index contributed by atoms with van der Waals surface area (Å²) in [4.78, 5) is 13.9. The molecule has 4 nitrogen and oxygen atoms in total. The molecule has 2 aromatic rings. The van der Waals surface area contributed by atoms with E-state index in [-0.39, 0.29) is 0 Å². The van der Waals surface area contributed by atoms with E-state index in [4.69, 9.17) is 4.98 Å². The second-order valence-corrected chi connectivity index (χ2v) is 6.56. The number of nitrogens with one attached hydrogen (secondary N) is 1. The van der Waals surface area contributed by atoms with Gasteiger partial charge in [0.2, 0.25) is 0 Å². The van der Waals surface area contributed by atoms with Gasteiger partial charge in [-0.1, -0.05) is 20.3 Å². The zero-order valence-corrected chi connectivity index (χ0v) is 15.0. The molecule has 0 aromatic carbocycles. The smallest absolute Gasteiger partial charge is 0.191 e. The van der Waals surface area contributed by atoms with Crippen LogP contribution in [0.3, 0.4) is 0 Å². The predicted molar refractivity (Wildman–Crippen MR) is 93.4 cm³/mol. The second kappa shape index (κ2) is 7.31. The van der Waals surface area contributed by atoms with Crippen LogP contribution in [0, 0.1) is 10.5 Å². The first kappa shape index (κ1) is 15.6. The number of aromatic nitrogens is 3. The maximum atomic E-state index is 4.70. The monoisotopic (exact) mass is 402 g/mol. The first-order valence-corrected chi connectivity index (χ1v) is 8.84. The Kier molecular flexibility index (Phi) is 5.71. The minimum Gasteiger partial charge on any atom is -0.369 e. The van der Waals surface area contributed by atoms with Gasteiger partial charge in [-0.15, -0.1) is 11.3 Å². The molecule has 0 aliphatic heterocycles. The first-order chi connectivity index (χ1) is 9.65. The Balaban J connectivity index is 2.43. The van der Waals surface area contributed by atoms with Crippen LogP contribution in [0.25, 0.3) is 10.8 Å². The molecule has 0 radical (unpaired) electrons. The molecule has 108 valence electrons. The van der Waals surface area contributed by atoms with Crippen LogP contribution in [0.15, 0.2) is 5.38 Å². The third-order valence-electron chi connectivity index (χ3n) is 2.76. The van der Waals surface area contributed by atoms with E-state index in [0.29, 0.717) is 0 Å². The Labute approximate surface area is 137 Å². The maximum absolute atomic E-state index is 4.70. The van der Waals surface area contributed by atoms with Crippen LogP contribution >= 0.6 is 33.9 Å². The molecule has 0 saturated heterocycles. The van der Waals surface area contributed by atoms with E-state index in [2.05, 4.69) is 51.7 Å². The summed E-state index contributed by atoms with van der Waals surface area (Å²) in [5, 5.41) is 6.33. The molecule has 0 amide bonds. The summed E-state index contributed by atoms with van der Waals surface area (Å²) in [6, 6.07) is 0. The lowest BCUT2D eigenvalue weighted by Crippen LogP contribution is -2.09. The summed E-state index contributed by atoms with van der Waals surface area (Å²) in [7, 11) is 0. The molecule has 0 fully saturated rings. The Morgan fingerprint density at radius 3 is 2.60 bits per heavy atom. The van der Waals surface area contributed by atoms with Crippen LogP contribution in [-0.4, -0.2) is 21.5 Å². The second-order valence-electron chi connectivity index (χ2n) is 4.63. The number of aryl methyl sites for hydroxylation is 2. The number of anilines is 1. The SMILES string of the molecule is CCCNc1nc(-c2nc(C)cs2)nc(CCC)c1I. The highest BCUT2D eigenvalue weighted by Crippen LogP contribution is 2.26. The third kappa shape index (κ3) is 3.66. The molecule has 0 aliphatic carbocycles. The van der Waals surface area contributed by atoms with E-state index in [1.807, 2.05) is 12.3 Å². The molecular formula is C14H19IN4S. The van der Waals surface area contributed by atoms with Crippen LogP contribution in [-0.2, 0) is 6.42 Å². The van der Waals surface area contributed by atoms with Crippen molar-refractivity contribution in [3.05, 3.63) is 20.3 Å². The largest absolute Gasteiger partial charge is 0.369 e. The van der Waals surface area contributed by atoms with E-state index >= 15 is 0 Å². The van der Waals surface area contributed by atoms with Gasteiger partial charge in [0, 0.05) is 17.6 Å². The van der Waals surface area contributed by atoms with Gasteiger partial charge in [0.25, 0.3) is 0 Å². The number of hydrogen-bond donors (Lipinski definition) is 1. The van der Waals surface area contributed by atoms with Crippen LogP contribution < -0.4 is 5.32 Å². The molecule has 2 aromatic heterocycles. The fourth-order valence-corrected chi connectivity index (χ4v) is 3.24. The van der Waals surface area contributed by atoms with Gasteiger partial charge >= 0.3 is 0 Å². The molecule has 0 bridgehead atoms. The fraction of sp³-hybridized carbons (Fsp3) is 0.500. The number of rotatable bonds is 6. The first-order valence-electron chi connectivity index (χ1n) is 6.88. The average molecular weight is 402 g/mol. The van der Waals surface area contributed by atoms with Gasteiger partial charge in [-0.3, -0.25) is 0 Å². The molecule has 2 heterocycles. The van der Waals surface area contributed by atoms with Gasteiger partial charge in [-0.05, 0) is 42.4 Å². The van der Waals surface area contributed by atoms with Crippen molar-refractivity contribution in [1.82, 2.24) is 15.0 Å². The standard InChI is InChI=1S/C14H19IN4S/c1-4-6-10-11(15)12(16-7-5-2)19-13(18-10)14-17-9(3)8-20-14/h8H,4-7H2,1-3H3,(H,16,18,19). The minimum absolute atomic E-state index is 0.741. The van der Waals surface area contributed by atoms with E-state index in [9.17, 15) is 0 Å². The summed E-state index contributed by atoms with van der Waals surface area (Å²) in [6.45, 7) is 7.24. The highest BCUT2D eigenvalue weighted by Gasteiger charge is 2.14. The van der Waals surface area contributed by atoms with Crippen molar-refractivity contribution in [3.8, 4) is 10.8 Å². The molecule has 0 aliphatic rings. The minimum atomic E-state index is 0.741. The number of thiazole rings is 1. The van der Waals surface area contributed by atoms with Crippen molar-refractivity contribution in [2.75, 3.05) is 11.9 Å². The van der Waals surface area contributed by atoms with Gasteiger partial charge in [-0.2, -0.15) is 0 Å². The van der Waals surface area contributed by atoms with Crippen LogP contribution in [0.4, 0.5) is 5.82 Å². The average Bonchev–Trinajstić information content (AvgIpc) is 2.86. The third-order valence-corrected chi connectivity index (χ3v) is 4.85. The van der Waals surface area contributed by atoms with Gasteiger partial charge in [-0.25, -0.2) is 15.0 Å². The Morgan fingerprint density at radius 1 is 1.20 bits per heavy atom. The summed E-state index contributed by atoms with van der Waals surface area (Å²) >= 11 is 3.94. The zero-order chi connectivity index (χ0) is 14.5. The highest BCUT2D eigenvalue weighted by molar-refractivity contribution is 14.1. The summed E-state index contributed by atoms with van der Waals surface area (Å²) < 4.78 is 1.13. The van der Waals surface area contributed by atoms with Crippen molar-refractivity contribution in [3.63, 3.8) is 0 Å². The lowest BCUT2D eigenvalue weighted by Gasteiger charge is -2.11. The normalized spacial score (nSPS) is 10.8. The summed E-state index contributed by atoms with van der Waals surface area (Å²) in [5.41, 5.74) is 2.14. The highest BCUT2D eigenvalue weighted by atomic mass is 127. The van der Waals surface area contributed by atoms with Crippen LogP contribution in [0.1, 0.15) is 38.1 Å². The van der Waals surface area contributed by atoms with E-state index in [0.717, 1.165) is 57.4 Å². The van der Waals surface area contributed by atoms with Crippen molar-refractivity contribution in [2.24, 2.45) is 0 Å². The quantitative estimate of drug-likeness (QED) is 0.733. The van der Waals surface area contributed by atoms with Crippen LogP contribution in [0.5, 0.6) is 0 Å². The fourth-order valence-electron chi connectivity index (χ4n) is 1.81. The molecular weight excluding hydrogens is 383 g/mol. The molecule has 0 atom stereocenters. The predicted octanol–water partition coefficient (Wildman–Crippen LogP) is 4.29. The van der Waals surface area contributed by atoms with E-state index in [1.165, 1.54) is 0 Å². The molecule has 6 heteroatoms. The van der Waals surface area contributed by atoms with E-state index in [1.54, 1.807) is 11.3 Å². The van der Waals surface area contributed by atoms with Gasteiger partial charge in [0.1, 0.15) is 5.82 Å². The number of halogens is 1. The van der Waals surface area contributed by atoms with E-state index < -0.39 is 0 Å². The number of nitrogens with zero attached hydrogens (tertiary/aromatic N) is 3.